The number of piperidine rings is 1. The van der Waals surface area contributed by atoms with Gasteiger partial charge in [-0.05, 0) is 81.2 Å². The van der Waals surface area contributed by atoms with Crippen LogP contribution in [0.15, 0.2) is 54.7 Å². The van der Waals surface area contributed by atoms with E-state index >= 15 is 0 Å². The average molecular weight is 435 g/mol. The Morgan fingerprint density at radius 2 is 1.90 bits per heavy atom. The maximum absolute atomic E-state index is 13.0. The second kappa shape index (κ2) is 8.89. The summed E-state index contributed by atoms with van der Waals surface area (Å²) in [6, 6.07) is 15.2. The Bertz CT molecular complexity index is 1170. The van der Waals surface area contributed by atoms with Gasteiger partial charge in [-0.3, -0.25) is 14.2 Å². The molecule has 0 radical (unpaired) electrons. The molecule has 1 fully saturated rings. The lowest BCUT2D eigenvalue weighted by atomic mass is 10.0. The molecule has 3 aromatic rings. The Morgan fingerprint density at radius 3 is 2.61 bits per heavy atom. The second-order valence-electron chi connectivity index (χ2n) is 7.98. The minimum absolute atomic E-state index is 0.0523. The van der Waals surface area contributed by atoms with Crippen molar-refractivity contribution in [2.75, 3.05) is 11.9 Å². The third-order valence-electron chi connectivity index (χ3n) is 5.81. The summed E-state index contributed by atoms with van der Waals surface area (Å²) in [7, 11) is 0. The fraction of sp³-hybridized carbons (Fsp3) is 0.292. The molecule has 0 aliphatic carbocycles. The SMILES string of the molecule is Cc1cc(C(=O)N2CCCCC2C)ccc1NC(=O)c1c[nH]c(=S)n1-c1ccccc1. The van der Waals surface area contributed by atoms with Crippen molar-refractivity contribution in [3.8, 4) is 5.69 Å². The van der Waals surface area contributed by atoms with Crippen LogP contribution in [0.3, 0.4) is 0 Å². The van der Waals surface area contributed by atoms with E-state index in [0.717, 1.165) is 30.6 Å². The third kappa shape index (κ3) is 4.32. The normalized spacial score (nSPS) is 16.2. The van der Waals surface area contributed by atoms with Gasteiger partial charge in [-0.25, -0.2) is 0 Å². The zero-order valence-corrected chi connectivity index (χ0v) is 18.5. The molecule has 2 N–H and O–H groups in total. The Morgan fingerprint density at radius 1 is 1.13 bits per heavy atom. The lowest BCUT2D eigenvalue weighted by Crippen LogP contribution is -2.42. The minimum atomic E-state index is -0.275. The molecule has 0 saturated carbocycles. The van der Waals surface area contributed by atoms with Crippen molar-refractivity contribution < 1.29 is 9.59 Å². The first kappa shape index (κ1) is 21.1. The van der Waals surface area contributed by atoms with Crippen molar-refractivity contribution in [2.24, 2.45) is 0 Å². The van der Waals surface area contributed by atoms with E-state index in [1.807, 2.05) is 48.2 Å². The molecule has 2 heterocycles. The van der Waals surface area contributed by atoms with Gasteiger partial charge in [0.2, 0.25) is 0 Å². The van der Waals surface area contributed by atoms with E-state index in [1.165, 1.54) is 6.42 Å². The number of amides is 2. The number of nitrogens with zero attached hydrogens (tertiary/aromatic N) is 2. The molecule has 31 heavy (non-hydrogen) atoms. The number of rotatable bonds is 4. The molecule has 0 bridgehead atoms. The molecular weight excluding hydrogens is 408 g/mol. The monoisotopic (exact) mass is 434 g/mol. The summed E-state index contributed by atoms with van der Waals surface area (Å²) in [6.45, 7) is 4.80. The molecule has 1 unspecified atom stereocenters. The van der Waals surface area contributed by atoms with Crippen LogP contribution in [0.4, 0.5) is 5.69 Å². The standard InChI is InChI=1S/C24H26N4O2S/c1-16-14-18(23(30)27-13-7-6-8-17(27)2)11-12-20(16)26-22(29)21-15-25-24(31)28(21)19-9-4-3-5-10-19/h3-5,9-12,14-15,17H,6-8,13H2,1-2H3,(H,25,31)(H,26,29). The predicted octanol–water partition coefficient (Wildman–Crippen LogP) is 5.11. The van der Waals surface area contributed by atoms with Gasteiger partial charge in [-0.1, -0.05) is 18.2 Å². The van der Waals surface area contributed by atoms with E-state index < -0.39 is 0 Å². The lowest BCUT2D eigenvalue weighted by Gasteiger charge is -2.33. The number of aryl methyl sites for hydroxylation is 1. The Balaban J connectivity index is 1.55. The van der Waals surface area contributed by atoms with E-state index in [4.69, 9.17) is 12.2 Å². The number of aromatic nitrogens is 2. The van der Waals surface area contributed by atoms with Crippen LogP contribution >= 0.6 is 12.2 Å². The summed E-state index contributed by atoms with van der Waals surface area (Å²) >= 11 is 5.37. The number of imidazole rings is 1. The van der Waals surface area contributed by atoms with Crippen molar-refractivity contribution in [3.05, 3.63) is 76.3 Å². The number of likely N-dealkylation sites (tertiary alicyclic amines) is 1. The summed E-state index contributed by atoms with van der Waals surface area (Å²) in [4.78, 5) is 30.8. The minimum Gasteiger partial charge on any atom is -0.336 e. The first-order valence-electron chi connectivity index (χ1n) is 10.5. The van der Waals surface area contributed by atoms with Crippen LogP contribution in [0.25, 0.3) is 5.69 Å². The molecule has 1 saturated heterocycles. The van der Waals surface area contributed by atoms with Gasteiger partial charge in [0.05, 0.1) is 0 Å². The highest BCUT2D eigenvalue weighted by Crippen LogP contribution is 2.23. The van der Waals surface area contributed by atoms with E-state index in [-0.39, 0.29) is 17.9 Å². The van der Waals surface area contributed by atoms with Crippen molar-refractivity contribution in [1.82, 2.24) is 14.5 Å². The Labute approximate surface area is 186 Å². The molecule has 1 aromatic heterocycles. The molecule has 6 nitrogen and oxygen atoms in total. The highest BCUT2D eigenvalue weighted by molar-refractivity contribution is 7.71. The third-order valence-corrected chi connectivity index (χ3v) is 6.11. The number of hydrogen-bond acceptors (Lipinski definition) is 3. The number of hydrogen-bond donors (Lipinski definition) is 2. The van der Waals surface area contributed by atoms with E-state index in [1.54, 1.807) is 22.9 Å². The van der Waals surface area contributed by atoms with Crippen LogP contribution in [0.2, 0.25) is 0 Å². The fourth-order valence-corrected chi connectivity index (χ4v) is 4.32. The zero-order valence-electron chi connectivity index (χ0n) is 17.7. The number of benzene rings is 2. The number of nitrogens with one attached hydrogen (secondary N) is 2. The number of carbonyl (C=O) groups is 2. The highest BCUT2D eigenvalue weighted by atomic mass is 32.1. The number of para-hydroxylation sites is 1. The average Bonchev–Trinajstić information content (AvgIpc) is 3.17. The zero-order chi connectivity index (χ0) is 22.0. The van der Waals surface area contributed by atoms with Gasteiger partial charge in [-0.15, -0.1) is 0 Å². The van der Waals surface area contributed by atoms with Crippen LogP contribution in [0.1, 0.15) is 52.6 Å². The first-order chi connectivity index (χ1) is 15.0. The van der Waals surface area contributed by atoms with Crippen molar-refractivity contribution in [3.63, 3.8) is 0 Å². The van der Waals surface area contributed by atoms with E-state index in [0.29, 0.717) is 21.7 Å². The summed E-state index contributed by atoms with van der Waals surface area (Å²) in [5, 5.41) is 2.95. The van der Waals surface area contributed by atoms with Gasteiger partial charge in [0.1, 0.15) is 5.69 Å². The van der Waals surface area contributed by atoms with Gasteiger partial charge >= 0.3 is 0 Å². The summed E-state index contributed by atoms with van der Waals surface area (Å²) in [5.74, 6) is -0.223. The molecule has 7 heteroatoms. The van der Waals surface area contributed by atoms with E-state index in [9.17, 15) is 9.59 Å². The van der Waals surface area contributed by atoms with Crippen molar-refractivity contribution in [1.29, 1.82) is 0 Å². The molecule has 0 spiro atoms. The largest absolute Gasteiger partial charge is 0.336 e. The van der Waals surface area contributed by atoms with Gasteiger partial charge < -0.3 is 15.2 Å². The molecule has 2 aromatic carbocycles. The van der Waals surface area contributed by atoms with Gasteiger partial charge in [0, 0.05) is 35.7 Å². The second-order valence-corrected chi connectivity index (χ2v) is 8.36. The predicted molar refractivity (Wildman–Crippen MR) is 124 cm³/mol. The van der Waals surface area contributed by atoms with Crippen LogP contribution < -0.4 is 5.32 Å². The number of H-pyrrole nitrogens is 1. The summed E-state index contributed by atoms with van der Waals surface area (Å²) in [5.41, 5.74) is 3.38. The van der Waals surface area contributed by atoms with Crippen LogP contribution in [0, 0.1) is 11.7 Å². The molecule has 1 aliphatic rings. The number of aromatic amines is 1. The highest BCUT2D eigenvalue weighted by Gasteiger charge is 2.24. The first-order valence-corrected chi connectivity index (χ1v) is 11.0. The Kier molecular flexibility index (Phi) is 6.04. The molecule has 1 atom stereocenters. The maximum Gasteiger partial charge on any atom is 0.274 e. The van der Waals surface area contributed by atoms with Crippen LogP contribution in [-0.2, 0) is 0 Å². The number of anilines is 1. The van der Waals surface area contributed by atoms with Gasteiger partial charge in [0.25, 0.3) is 11.8 Å². The lowest BCUT2D eigenvalue weighted by molar-refractivity contribution is 0.0635. The molecule has 2 amide bonds. The molecule has 4 rings (SSSR count). The van der Waals surface area contributed by atoms with Gasteiger partial charge in [0.15, 0.2) is 4.77 Å². The number of carbonyl (C=O) groups excluding carboxylic acids is 2. The maximum atomic E-state index is 13.0. The topological polar surface area (TPSA) is 70.1 Å². The summed E-state index contributed by atoms with van der Waals surface area (Å²) < 4.78 is 2.15. The smallest absolute Gasteiger partial charge is 0.274 e. The summed E-state index contributed by atoms with van der Waals surface area (Å²) in [6.07, 6.45) is 4.87. The van der Waals surface area contributed by atoms with Crippen molar-refractivity contribution >= 4 is 29.7 Å². The Hall–Kier alpha value is -3.19. The molecular formula is C24H26N4O2S. The van der Waals surface area contributed by atoms with Crippen LogP contribution in [-0.4, -0.2) is 38.9 Å². The van der Waals surface area contributed by atoms with Crippen LogP contribution in [0.5, 0.6) is 0 Å². The molecule has 1 aliphatic heterocycles. The van der Waals surface area contributed by atoms with E-state index in [2.05, 4.69) is 17.2 Å². The quantitative estimate of drug-likeness (QED) is 0.561. The fourth-order valence-electron chi connectivity index (χ4n) is 4.06. The molecule has 160 valence electrons. The van der Waals surface area contributed by atoms with Crippen molar-refractivity contribution in [2.45, 2.75) is 39.2 Å². The van der Waals surface area contributed by atoms with Gasteiger partial charge in [-0.2, -0.15) is 0 Å².